The van der Waals surface area contributed by atoms with Crippen molar-refractivity contribution in [2.24, 2.45) is 7.05 Å². The van der Waals surface area contributed by atoms with Crippen LogP contribution in [0.2, 0.25) is 0 Å². The SMILES string of the molecule is COc1cc(C)c(C)cc1S(=O)(=O)NCC(O)c1cn(C)c2ccccc12. The Morgan fingerprint density at radius 1 is 1.19 bits per heavy atom. The number of aryl methyl sites for hydroxylation is 3. The van der Waals surface area contributed by atoms with Crippen LogP contribution in [0.25, 0.3) is 10.9 Å². The molecule has 0 saturated carbocycles. The number of sulfonamides is 1. The van der Waals surface area contributed by atoms with E-state index in [1.807, 2.05) is 55.9 Å². The molecule has 1 atom stereocenters. The Labute approximate surface area is 159 Å². The Kier molecular flexibility index (Phi) is 5.28. The summed E-state index contributed by atoms with van der Waals surface area (Å²) in [5.41, 5.74) is 3.46. The van der Waals surface area contributed by atoms with E-state index in [0.29, 0.717) is 5.56 Å². The Morgan fingerprint density at radius 3 is 2.56 bits per heavy atom. The van der Waals surface area contributed by atoms with Crippen LogP contribution < -0.4 is 9.46 Å². The number of hydrogen-bond donors (Lipinski definition) is 2. The number of para-hydroxylation sites is 1. The lowest BCUT2D eigenvalue weighted by Crippen LogP contribution is -2.29. The van der Waals surface area contributed by atoms with Crippen molar-refractivity contribution in [1.29, 1.82) is 0 Å². The fourth-order valence-corrected chi connectivity index (χ4v) is 4.42. The zero-order valence-electron chi connectivity index (χ0n) is 15.9. The standard InChI is InChI=1S/C20H24N2O4S/c1-13-9-19(26-4)20(10-14(13)2)27(24,25)21-11-18(23)16-12-22(3)17-8-6-5-7-15(16)17/h5-10,12,18,21,23H,11H2,1-4H3. The van der Waals surface area contributed by atoms with Crippen LogP contribution in [0, 0.1) is 13.8 Å². The van der Waals surface area contributed by atoms with E-state index in [2.05, 4.69) is 4.72 Å². The van der Waals surface area contributed by atoms with Crippen molar-refractivity contribution in [3.63, 3.8) is 0 Å². The predicted molar refractivity (Wildman–Crippen MR) is 106 cm³/mol. The van der Waals surface area contributed by atoms with Crippen LogP contribution in [-0.4, -0.2) is 31.7 Å². The lowest BCUT2D eigenvalue weighted by Gasteiger charge is -2.15. The van der Waals surface area contributed by atoms with Crippen molar-refractivity contribution in [2.45, 2.75) is 24.8 Å². The highest BCUT2D eigenvalue weighted by Crippen LogP contribution is 2.29. The summed E-state index contributed by atoms with van der Waals surface area (Å²) in [4.78, 5) is 0.0678. The number of nitrogens with one attached hydrogen (secondary N) is 1. The van der Waals surface area contributed by atoms with Gasteiger partial charge >= 0.3 is 0 Å². The molecule has 2 aromatic carbocycles. The van der Waals surface area contributed by atoms with E-state index in [0.717, 1.165) is 22.0 Å². The van der Waals surface area contributed by atoms with E-state index < -0.39 is 16.1 Å². The number of hydrogen-bond acceptors (Lipinski definition) is 4. The van der Waals surface area contributed by atoms with Gasteiger partial charge in [0.1, 0.15) is 10.6 Å². The van der Waals surface area contributed by atoms with Gasteiger partial charge in [0.25, 0.3) is 0 Å². The largest absolute Gasteiger partial charge is 0.495 e. The summed E-state index contributed by atoms with van der Waals surface area (Å²) in [6.07, 6.45) is 0.851. The molecule has 2 N–H and O–H groups in total. The predicted octanol–water partition coefficient (Wildman–Crippen LogP) is 2.82. The molecule has 0 saturated heterocycles. The third-order valence-electron chi connectivity index (χ3n) is 4.82. The Hall–Kier alpha value is -2.35. The van der Waals surface area contributed by atoms with Gasteiger partial charge in [0.2, 0.25) is 10.0 Å². The van der Waals surface area contributed by atoms with Gasteiger partial charge < -0.3 is 14.4 Å². The first-order valence-corrected chi connectivity index (χ1v) is 10.1. The molecule has 7 heteroatoms. The van der Waals surface area contributed by atoms with Crippen LogP contribution >= 0.6 is 0 Å². The summed E-state index contributed by atoms with van der Waals surface area (Å²) >= 11 is 0. The molecule has 0 aliphatic rings. The van der Waals surface area contributed by atoms with E-state index in [4.69, 9.17) is 4.74 Å². The quantitative estimate of drug-likeness (QED) is 0.680. The van der Waals surface area contributed by atoms with Crippen LogP contribution in [0.15, 0.2) is 47.5 Å². The van der Waals surface area contributed by atoms with Gasteiger partial charge in [-0.1, -0.05) is 18.2 Å². The molecule has 6 nitrogen and oxygen atoms in total. The number of aliphatic hydroxyl groups is 1. The lowest BCUT2D eigenvalue weighted by atomic mass is 10.1. The Morgan fingerprint density at radius 2 is 1.85 bits per heavy atom. The molecule has 1 aromatic heterocycles. The number of methoxy groups -OCH3 is 1. The summed E-state index contributed by atoms with van der Waals surface area (Å²) in [6.45, 7) is 3.61. The summed E-state index contributed by atoms with van der Waals surface area (Å²) in [7, 11) is -0.504. The highest BCUT2D eigenvalue weighted by Gasteiger charge is 2.23. The van der Waals surface area contributed by atoms with Crippen molar-refractivity contribution in [1.82, 2.24) is 9.29 Å². The number of aromatic nitrogens is 1. The second-order valence-corrected chi connectivity index (χ2v) is 8.40. The summed E-state index contributed by atoms with van der Waals surface area (Å²) < 4.78 is 35.2. The molecule has 1 unspecified atom stereocenters. The number of nitrogens with zero attached hydrogens (tertiary/aromatic N) is 1. The van der Waals surface area contributed by atoms with E-state index in [1.54, 1.807) is 12.1 Å². The summed E-state index contributed by atoms with van der Waals surface area (Å²) in [5, 5.41) is 11.5. The molecule has 0 aliphatic carbocycles. The molecule has 3 rings (SSSR count). The van der Waals surface area contributed by atoms with E-state index >= 15 is 0 Å². The summed E-state index contributed by atoms with van der Waals surface area (Å²) in [6, 6.07) is 11.0. The van der Waals surface area contributed by atoms with Gasteiger partial charge in [0.05, 0.1) is 13.2 Å². The zero-order valence-corrected chi connectivity index (χ0v) is 16.7. The van der Waals surface area contributed by atoms with Crippen LogP contribution in [-0.2, 0) is 17.1 Å². The normalized spacial score (nSPS) is 13.1. The minimum Gasteiger partial charge on any atom is -0.495 e. The number of rotatable bonds is 6. The maximum absolute atomic E-state index is 12.8. The van der Waals surface area contributed by atoms with Crippen molar-refractivity contribution < 1.29 is 18.3 Å². The summed E-state index contributed by atoms with van der Waals surface area (Å²) in [5.74, 6) is 0.283. The molecule has 0 aliphatic heterocycles. The fraction of sp³-hybridized carbons (Fsp3) is 0.300. The fourth-order valence-electron chi connectivity index (χ4n) is 3.15. The first-order valence-electron chi connectivity index (χ1n) is 8.61. The molecule has 3 aromatic rings. The average molecular weight is 388 g/mol. The number of ether oxygens (including phenoxy) is 1. The molecular formula is C20H24N2O4S. The number of fused-ring (bicyclic) bond motifs is 1. The Balaban J connectivity index is 1.86. The van der Waals surface area contributed by atoms with E-state index in [9.17, 15) is 13.5 Å². The molecule has 0 amide bonds. The van der Waals surface area contributed by atoms with Gasteiger partial charge in [0, 0.05) is 36.3 Å². The van der Waals surface area contributed by atoms with Gasteiger partial charge in [-0.3, -0.25) is 0 Å². The lowest BCUT2D eigenvalue weighted by molar-refractivity contribution is 0.183. The molecule has 0 radical (unpaired) electrons. The second kappa shape index (κ2) is 7.34. The van der Waals surface area contributed by atoms with Gasteiger partial charge in [-0.15, -0.1) is 0 Å². The molecule has 144 valence electrons. The third kappa shape index (κ3) is 3.71. The van der Waals surface area contributed by atoms with Crippen molar-refractivity contribution in [3.05, 3.63) is 59.3 Å². The Bertz CT molecular complexity index is 1090. The van der Waals surface area contributed by atoms with Crippen molar-refractivity contribution in [2.75, 3.05) is 13.7 Å². The van der Waals surface area contributed by atoms with Crippen LogP contribution in [0.5, 0.6) is 5.75 Å². The third-order valence-corrected chi connectivity index (χ3v) is 6.27. The molecule has 27 heavy (non-hydrogen) atoms. The molecule has 0 bridgehead atoms. The van der Waals surface area contributed by atoms with Gasteiger partial charge in [0.15, 0.2) is 0 Å². The van der Waals surface area contributed by atoms with Gasteiger partial charge in [-0.2, -0.15) is 0 Å². The molecular weight excluding hydrogens is 364 g/mol. The molecule has 0 spiro atoms. The zero-order chi connectivity index (χ0) is 19.8. The molecule has 0 fully saturated rings. The van der Waals surface area contributed by atoms with Gasteiger partial charge in [-0.25, -0.2) is 13.1 Å². The van der Waals surface area contributed by atoms with Crippen LogP contribution in [0.4, 0.5) is 0 Å². The average Bonchev–Trinajstić information content (AvgIpc) is 2.99. The first-order chi connectivity index (χ1) is 12.7. The minimum atomic E-state index is -3.83. The number of aliphatic hydroxyl groups excluding tert-OH is 1. The van der Waals surface area contributed by atoms with Crippen LogP contribution in [0.3, 0.4) is 0 Å². The van der Waals surface area contributed by atoms with E-state index in [1.165, 1.54) is 7.11 Å². The van der Waals surface area contributed by atoms with Gasteiger partial charge in [-0.05, 0) is 43.2 Å². The number of benzene rings is 2. The van der Waals surface area contributed by atoms with Crippen molar-refractivity contribution in [3.8, 4) is 5.75 Å². The highest BCUT2D eigenvalue weighted by molar-refractivity contribution is 7.89. The minimum absolute atomic E-state index is 0.0678. The second-order valence-electron chi connectivity index (χ2n) is 6.67. The highest BCUT2D eigenvalue weighted by atomic mass is 32.2. The first kappa shape index (κ1) is 19.4. The van der Waals surface area contributed by atoms with E-state index in [-0.39, 0.29) is 17.2 Å². The topological polar surface area (TPSA) is 80.6 Å². The van der Waals surface area contributed by atoms with Crippen LogP contribution in [0.1, 0.15) is 22.8 Å². The maximum atomic E-state index is 12.8. The smallest absolute Gasteiger partial charge is 0.244 e. The monoisotopic (exact) mass is 388 g/mol. The maximum Gasteiger partial charge on any atom is 0.244 e. The van der Waals surface area contributed by atoms with Crippen molar-refractivity contribution >= 4 is 20.9 Å². The molecule has 1 heterocycles.